The molecule has 1 rings (SSSR count). The molecule has 0 aromatic carbocycles. The summed E-state index contributed by atoms with van der Waals surface area (Å²) in [4.78, 5) is 8.75. The first-order valence-corrected chi connectivity index (χ1v) is 6.08. The van der Waals surface area contributed by atoms with Crippen LogP contribution in [0.4, 0.5) is 5.82 Å². The maximum Gasteiger partial charge on any atom is 0.139 e. The molecule has 0 aliphatic carbocycles. The van der Waals surface area contributed by atoms with Gasteiger partial charge in [-0.2, -0.15) is 0 Å². The minimum Gasteiger partial charge on any atom is -0.389 e. The van der Waals surface area contributed by atoms with E-state index in [0.717, 1.165) is 18.8 Å². The molecule has 0 amide bonds. The van der Waals surface area contributed by atoms with E-state index < -0.39 is 0 Å². The SMILES string of the molecule is Cc1ncc(C(N)=S)c(NCCC(C)(C)C)n1. The van der Waals surface area contributed by atoms with Gasteiger partial charge in [0.2, 0.25) is 0 Å². The normalized spacial score (nSPS) is 11.3. The van der Waals surface area contributed by atoms with Crippen molar-refractivity contribution in [3.63, 3.8) is 0 Å². The Balaban J connectivity index is 2.75. The first kappa shape index (κ1) is 13.8. The van der Waals surface area contributed by atoms with Crippen LogP contribution in [0.2, 0.25) is 0 Å². The van der Waals surface area contributed by atoms with Crippen LogP contribution in [0.1, 0.15) is 38.6 Å². The summed E-state index contributed by atoms with van der Waals surface area (Å²) in [6, 6.07) is 0. The molecule has 0 unspecified atom stereocenters. The number of nitrogens with two attached hydrogens (primary N) is 1. The van der Waals surface area contributed by atoms with Crippen molar-refractivity contribution >= 4 is 23.0 Å². The van der Waals surface area contributed by atoms with E-state index >= 15 is 0 Å². The van der Waals surface area contributed by atoms with Crippen LogP contribution >= 0.6 is 12.2 Å². The Morgan fingerprint density at radius 2 is 2.12 bits per heavy atom. The summed E-state index contributed by atoms with van der Waals surface area (Å²) in [6.45, 7) is 9.30. The van der Waals surface area contributed by atoms with Crippen LogP contribution in [0.15, 0.2) is 6.20 Å². The number of hydrogen-bond acceptors (Lipinski definition) is 4. The van der Waals surface area contributed by atoms with E-state index in [1.807, 2.05) is 6.92 Å². The molecule has 17 heavy (non-hydrogen) atoms. The van der Waals surface area contributed by atoms with Crippen LogP contribution < -0.4 is 11.1 Å². The Bertz CT molecular complexity index is 409. The van der Waals surface area contributed by atoms with Crippen LogP contribution in [0.3, 0.4) is 0 Å². The minimum atomic E-state index is 0.290. The molecule has 0 atom stereocenters. The number of hydrogen-bond donors (Lipinski definition) is 2. The summed E-state index contributed by atoms with van der Waals surface area (Å²) in [6.07, 6.45) is 2.72. The topological polar surface area (TPSA) is 63.8 Å². The van der Waals surface area contributed by atoms with Gasteiger partial charge in [0, 0.05) is 12.7 Å². The molecule has 0 aliphatic heterocycles. The molecule has 0 spiro atoms. The van der Waals surface area contributed by atoms with Gasteiger partial charge in [-0.3, -0.25) is 0 Å². The van der Waals surface area contributed by atoms with Gasteiger partial charge in [0.05, 0.1) is 5.56 Å². The number of anilines is 1. The van der Waals surface area contributed by atoms with E-state index in [2.05, 4.69) is 36.1 Å². The molecule has 0 radical (unpaired) electrons. The van der Waals surface area contributed by atoms with E-state index in [1.165, 1.54) is 0 Å². The fourth-order valence-electron chi connectivity index (χ4n) is 1.34. The number of aromatic nitrogens is 2. The Kier molecular flexibility index (Phi) is 4.40. The molecule has 0 saturated heterocycles. The minimum absolute atomic E-state index is 0.290. The largest absolute Gasteiger partial charge is 0.389 e. The lowest BCUT2D eigenvalue weighted by atomic mass is 9.92. The van der Waals surface area contributed by atoms with Crippen molar-refractivity contribution in [1.82, 2.24) is 9.97 Å². The standard InChI is InChI=1S/C12H20N4S/c1-8-15-7-9(10(13)17)11(16-8)14-6-5-12(2,3)4/h7H,5-6H2,1-4H3,(H2,13,17)(H,14,15,16). The predicted octanol–water partition coefficient (Wildman–Crippen LogP) is 2.27. The second-order valence-corrected chi connectivity index (χ2v) is 5.72. The van der Waals surface area contributed by atoms with Gasteiger partial charge >= 0.3 is 0 Å². The maximum absolute atomic E-state index is 5.63. The van der Waals surface area contributed by atoms with Crippen LogP contribution in [0.5, 0.6) is 0 Å². The second-order valence-electron chi connectivity index (χ2n) is 5.28. The van der Waals surface area contributed by atoms with Crippen LogP contribution in [-0.2, 0) is 0 Å². The van der Waals surface area contributed by atoms with E-state index in [9.17, 15) is 0 Å². The molecule has 94 valence electrons. The number of aryl methyl sites for hydroxylation is 1. The van der Waals surface area contributed by atoms with Gasteiger partial charge in [-0.05, 0) is 18.8 Å². The highest BCUT2D eigenvalue weighted by molar-refractivity contribution is 7.80. The number of thiocarbonyl (C=S) groups is 1. The lowest BCUT2D eigenvalue weighted by Crippen LogP contribution is -2.18. The fourth-order valence-corrected chi connectivity index (χ4v) is 1.49. The molecule has 4 nitrogen and oxygen atoms in total. The molecule has 1 heterocycles. The van der Waals surface area contributed by atoms with Crippen molar-refractivity contribution in [2.75, 3.05) is 11.9 Å². The summed E-state index contributed by atoms with van der Waals surface area (Å²) < 4.78 is 0. The number of nitrogens with zero attached hydrogens (tertiary/aromatic N) is 2. The third kappa shape index (κ3) is 4.65. The summed E-state index contributed by atoms with van der Waals surface area (Å²) in [5, 5.41) is 3.27. The lowest BCUT2D eigenvalue weighted by Gasteiger charge is -2.19. The van der Waals surface area contributed by atoms with Crippen molar-refractivity contribution in [2.45, 2.75) is 34.1 Å². The zero-order valence-corrected chi connectivity index (χ0v) is 11.7. The Labute approximate surface area is 108 Å². The third-order valence-corrected chi connectivity index (χ3v) is 2.56. The van der Waals surface area contributed by atoms with Crippen molar-refractivity contribution < 1.29 is 0 Å². The fraction of sp³-hybridized carbons (Fsp3) is 0.583. The van der Waals surface area contributed by atoms with Crippen molar-refractivity contribution in [3.05, 3.63) is 17.6 Å². The maximum atomic E-state index is 5.63. The van der Waals surface area contributed by atoms with Gasteiger partial charge < -0.3 is 11.1 Å². The molecular formula is C12H20N4S. The second kappa shape index (κ2) is 5.40. The zero-order valence-electron chi connectivity index (χ0n) is 10.9. The van der Waals surface area contributed by atoms with E-state index in [-0.39, 0.29) is 0 Å². The molecule has 0 fully saturated rings. The highest BCUT2D eigenvalue weighted by Crippen LogP contribution is 2.19. The zero-order chi connectivity index (χ0) is 13.1. The Morgan fingerprint density at radius 3 is 2.65 bits per heavy atom. The van der Waals surface area contributed by atoms with Gasteiger partial charge in [0.15, 0.2) is 0 Å². The van der Waals surface area contributed by atoms with Gasteiger partial charge in [-0.15, -0.1) is 0 Å². The summed E-state index contributed by atoms with van der Waals surface area (Å²) in [5.74, 6) is 1.44. The molecule has 3 N–H and O–H groups in total. The van der Waals surface area contributed by atoms with Crippen LogP contribution in [0.25, 0.3) is 0 Å². The number of rotatable bonds is 4. The Morgan fingerprint density at radius 1 is 1.47 bits per heavy atom. The van der Waals surface area contributed by atoms with E-state index in [1.54, 1.807) is 6.20 Å². The van der Waals surface area contributed by atoms with Gasteiger partial charge in [0.1, 0.15) is 16.6 Å². The molecule has 5 heteroatoms. The van der Waals surface area contributed by atoms with Crippen molar-refractivity contribution in [2.24, 2.45) is 11.1 Å². The predicted molar refractivity (Wildman–Crippen MR) is 75.2 cm³/mol. The van der Waals surface area contributed by atoms with Crippen molar-refractivity contribution in [3.8, 4) is 0 Å². The highest BCUT2D eigenvalue weighted by atomic mass is 32.1. The summed E-state index contributed by atoms with van der Waals surface area (Å²) in [5.41, 5.74) is 6.63. The average Bonchev–Trinajstić information content (AvgIpc) is 2.15. The molecule has 0 bridgehead atoms. The van der Waals surface area contributed by atoms with E-state index in [0.29, 0.717) is 21.8 Å². The van der Waals surface area contributed by atoms with Crippen molar-refractivity contribution in [1.29, 1.82) is 0 Å². The van der Waals surface area contributed by atoms with Gasteiger partial charge in [-0.25, -0.2) is 9.97 Å². The summed E-state index contributed by atoms with van der Waals surface area (Å²) >= 11 is 4.97. The monoisotopic (exact) mass is 252 g/mol. The average molecular weight is 252 g/mol. The summed E-state index contributed by atoms with van der Waals surface area (Å²) in [7, 11) is 0. The van der Waals surface area contributed by atoms with Crippen LogP contribution in [0, 0.1) is 12.3 Å². The molecule has 1 aromatic heterocycles. The molecule has 0 aliphatic rings. The quantitative estimate of drug-likeness (QED) is 0.805. The smallest absolute Gasteiger partial charge is 0.139 e. The first-order chi connectivity index (χ1) is 7.79. The lowest BCUT2D eigenvalue weighted by molar-refractivity contribution is 0.389. The molecule has 1 aromatic rings. The van der Waals surface area contributed by atoms with Crippen LogP contribution in [-0.4, -0.2) is 21.5 Å². The van der Waals surface area contributed by atoms with Gasteiger partial charge in [-0.1, -0.05) is 33.0 Å². The molecular weight excluding hydrogens is 232 g/mol. The number of nitrogens with one attached hydrogen (secondary N) is 1. The Hall–Kier alpha value is -1.23. The third-order valence-electron chi connectivity index (χ3n) is 2.34. The molecule has 0 saturated carbocycles. The van der Waals surface area contributed by atoms with E-state index in [4.69, 9.17) is 18.0 Å². The first-order valence-electron chi connectivity index (χ1n) is 5.67. The highest BCUT2D eigenvalue weighted by Gasteiger charge is 2.11. The van der Waals surface area contributed by atoms with Gasteiger partial charge in [0.25, 0.3) is 0 Å².